The second-order valence-electron chi connectivity index (χ2n) is 5.13. The minimum atomic E-state index is 0.0750. The van der Waals surface area contributed by atoms with Gasteiger partial charge in [-0.3, -0.25) is 4.68 Å². The monoisotopic (exact) mass is 234 g/mol. The largest absolute Gasteiger partial charge is 0.354 e. The van der Waals surface area contributed by atoms with E-state index in [9.17, 15) is 0 Å². The average molecular weight is 234 g/mol. The molecule has 0 spiro atoms. The van der Waals surface area contributed by atoms with Crippen LogP contribution in [0.5, 0.6) is 0 Å². The predicted molar refractivity (Wildman–Crippen MR) is 65.3 cm³/mol. The zero-order chi connectivity index (χ0) is 12.5. The summed E-state index contributed by atoms with van der Waals surface area (Å²) >= 11 is 0. The van der Waals surface area contributed by atoms with E-state index >= 15 is 0 Å². The van der Waals surface area contributed by atoms with E-state index in [1.807, 2.05) is 19.2 Å². The van der Waals surface area contributed by atoms with Crippen molar-refractivity contribution in [3.8, 4) is 11.5 Å². The van der Waals surface area contributed by atoms with Gasteiger partial charge in [0.1, 0.15) is 5.69 Å². The number of aromatic nitrogens is 3. The van der Waals surface area contributed by atoms with Crippen molar-refractivity contribution < 1.29 is 4.52 Å². The van der Waals surface area contributed by atoms with E-state index in [1.54, 1.807) is 10.9 Å². The molecule has 0 saturated carbocycles. The van der Waals surface area contributed by atoms with Crippen LogP contribution in [0.1, 0.15) is 26.5 Å². The van der Waals surface area contributed by atoms with Crippen LogP contribution in [0, 0.1) is 0 Å². The summed E-state index contributed by atoms with van der Waals surface area (Å²) in [5, 5.41) is 11.5. The van der Waals surface area contributed by atoms with E-state index < -0.39 is 0 Å². The number of nitrogens with zero attached hydrogens (tertiary/aromatic N) is 3. The molecule has 17 heavy (non-hydrogen) atoms. The number of nitrogens with one attached hydrogen (secondary N) is 1. The molecule has 2 aromatic heterocycles. The summed E-state index contributed by atoms with van der Waals surface area (Å²) in [6.07, 6.45) is 1.74. The van der Waals surface area contributed by atoms with Crippen LogP contribution in [-0.4, -0.2) is 20.5 Å². The Balaban J connectivity index is 2.09. The normalized spacial score (nSPS) is 12.0. The Bertz CT molecular complexity index is 493. The number of hydrogen-bond donors (Lipinski definition) is 1. The highest BCUT2D eigenvalue weighted by Crippen LogP contribution is 2.19. The van der Waals surface area contributed by atoms with Crippen LogP contribution in [-0.2, 0) is 13.6 Å². The molecule has 0 aromatic carbocycles. The summed E-state index contributed by atoms with van der Waals surface area (Å²) in [7, 11) is 1.88. The lowest BCUT2D eigenvalue weighted by Crippen LogP contribution is -2.35. The lowest BCUT2D eigenvalue weighted by atomic mass is 10.1. The van der Waals surface area contributed by atoms with Gasteiger partial charge in [-0.2, -0.15) is 5.10 Å². The molecule has 0 aliphatic rings. The van der Waals surface area contributed by atoms with Crippen molar-refractivity contribution in [2.45, 2.75) is 32.9 Å². The third kappa shape index (κ3) is 2.94. The first-order chi connectivity index (χ1) is 7.96. The van der Waals surface area contributed by atoms with E-state index in [0.29, 0.717) is 6.54 Å². The zero-order valence-electron chi connectivity index (χ0n) is 10.7. The lowest BCUT2D eigenvalue weighted by Gasteiger charge is -2.19. The van der Waals surface area contributed by atoms with Gasteiger partial charge in [0.25, 0.3) is 0 Å². The number of hydrogen-bond acceptors (Lipinski definition) is 4. The summed E-state index contributed by atoms with van der Waals surface area (Å²) in [6.45, 7) is 7.06. The van der Waals surface area contributed by atoms with E-state index in [1.165, 1.54) is 0 Å². The first kappa shape index (κ1) is 11.9. The Kier molecular flexibility index (Phi) is 3.02. The van der Waals surface area contributed by atoms with E-state index in [-0.39, 0.29) is 5.54 Å². The highest BCUT2D eigenvalue weighted by Gasteiger charge is 2.13. The maximum absolute atomic E-state index is 5.30. The van der Waals surface area contributed by atoms with Gasteiger partial charge in [0.2, 0.25) is 0 Å². The molecule has 0 aliphatic heterocycles. The van der Waals surface area contributed by atoms with Crippen LogP contribution < -0.4 is 5.32 Å². The van der Waals surface area contributed by atoms with E-state index in [4.69, 9.17) is 4.52 Å². The second-order valence-corrected chi connectivity index (χ2v) is 5.13. The van der Waals surface area contributed by atoms with Crippen LogP contribution in [0.4, 0.5) is 0 Å². The first-order valence-electron chi connectivity index (χ1n) is 5.65. The van der Waals surface area contributed by atoms with Crippen LogP contribution in [0.3, 0.4) is 0 Å². The summed E-state index contributed by atoms with van der Waals surface area (Å²) < 4.78 is 7.07. The van der Waals surface area contributed by atoms with Gasteiger partial charge in [-0.25, -0.2) is 0 Å². The van der Waals surface area contributed by atoms with Gasteiger partial charge >= 0.3 is 0 Å². The molecule has 5 nitrogen and oxygen atoms in total. The van der Waals surface area contributed by atoms with Crippen molar-refractivity contribution in [1.29, 1.82) is 0 Å². The van der Waals surface area contributed by atoms with Crippen molar-refractivity contribution in [1.82, 2.24) is 20.3 Å². The summed E-state index contributed by atoms with van der Waals surface area (Å²) in [6, 6.07) is 3.84. The van der Waals surface area contributed by atoms with Crippen molar-refractivity contribution in [2.75, 3.05) is 0 Å². The van der Waals surface area contributed by atoms with Gasteiger partial charge in [0.15, 0.2) is 5.76 Å². The molecule has 0 saturated heterocycles. The maximum atomic E-state index is 5.30. The van der Waals surface area contributed by atoms with Crippen molar-refractivity contribution >= 4 is 0 Å². The van der Waals surface area contributed by atoms with Gasteiger partial charge in [0, 0.05) is 31.4 Å². The standard InChI is InChI=1S/C12H18N4O/c1-12(2,3)13-8-9-7-11(17-15-9)10-5-6-14-16(10)4/h5-7,13H,8H2,1-4H3. The summed E-state index contributed by atoms with van der Waals surface area (Å²) in [4.78, 5) is 0. The molecular weight excluding hydrogens is 216 g/mol. The fourth-order valence-electron chi connectivity index (χ4n) is 1.49. The second kappa shape index (κ2) is 4.33. The molecule has 1 N–H and O–H groups in total. The summed E-state index contributed by atoms with van der Waals surface area (Å²) in [5.41, 5.74) is 1.90. The quantitative estimate of drug-likeness (QED) is 0.882. The highest BCUT2D eigenvalue weighted by molar-refractivity contribution is 5.51. The van der Waals surface area contributed by atoms with Gasteiger partial charge in [-0.05, 0) is 26.8 Å². The summed E-state index contributed by atoms with van der Waals surface area (Å²) in [5.74, 6) is 0.746. The van der Waals surface area contributed by atoms with Gasteiger partial charge in [0.05, 0.1) is 5.69 Å². The molecule has 0 atom stereocenters. The molecule has 0 amide bonds. The number of rotatable bonds is 3. The van der Waals surface area contributed by atoms with Crippen molar-refractivity contribution in [3.63, 3.8) is 0 Å². The molecule has 2 rings (SSSR count). The minimum Gasteiger partial charge on any atom is -0.354 e. The first-order valence-corrected chi connectivity index (χ1v) is 5.65. The van der Waals surface area contributed by atoms with Crippen molar-refractivity contribution in [2.24, 2.45) is 7.05 Å². The molecule has 92 valence electrons. The maximum Gasteiger partial charge on any atom is 0.185 e. The lowest BCUT2D eigenvalue weighted by molar-refractivity contribution is 0.391. The Labute approximate surface area is 101 Å². The Morgan fingerprint density at radius 1 is 1.41 bits per heavy atom. The molecule has 5 heteroatoms. The fraction of sp³-hybridized carbons (Fsp3) is 0.500. The van der Waals surface area contributed by atoms with Crippen LogP contribution in [0.25, 0.3) is 11.5 Å². The van der Waals surface area contributed by atoms with Gasteiger partial charge in [-0.15, -0.1) is 0 Å². The third-order valence-electron chi connectivity index (χ3n) is 2.43. The zero-order valence-corrected chi connectivity index (χ0v) is 10.7. The molecule has 0 aliphatic carbocycles. The van der Waals surface area contributed by atoms with Crippen LogP contribution in [0.2, 0.25) is 0 Å². The average Bonchev–Trinajstić information content (AvgIpc) is 2.81. The Morgan fingerprint density at radius 2 is 2.18 bits per heavy atom. The predicted octanol–water partition coefficient (Wildman–Crippen LogP) is 1.96. The number of aryl methyl sites for hydroxylation is 1. The molecule has 2 aromatic rings. The minimum absolute atomic E-state index is 0.0750. The molecule has 0 unspecified atom stereocenters. The van der Waals surface area contributed by atoms with Crippen LogP contribution >= 0.6 is 0 Å². The van der Waals surface area contributed by atoms with Gasteiger partial charge < -0.3 is 9.84 Å². The molecule has 0 bridgehead atoms. The van der Waals surface area contributed by atoms with Crippen molar-refractivity contribution in [3.05, 3.63) is 24.0 Å². The topological polar surface area (TPSA) is 55.9 Å². The Hall–Kier alpha value is -1.62. The molecule has 2 heterocycles. The van der Waals surface area contributed by atoms with Crippen LogP contribution in [0.15, 0.2) is 22.9 Å². The smallest absolute Gasteiger partial charge is 0.185 e. The van der Waals surface area contributed by atoms with E-state index in [2.05, 4.69) is 36.3 Å². The van der Waals surface area contributed by atoms with Gasteiger partial charge in [-0.1, -0.05) is 5.16 Å². The Morgan fingerprint density at radius 3 is 2.76 bits per heavy atom. The SMILES string of the molecule is Cn1nccc1-c1cc(CNC(C)(C)C)no1. The molecular formula is C12H18N4O. The molecule has 0 radical (unpaired) electrons. The fourth-order valence-corrected chi connectivity index (χ4v) is 1.49. The third-order valence-corrected chi connectivity index (χ3v) is 2.43. The molecule has 0 fully saturated rings. The highest BCUT2D eigenvalue weighted by atomic mass is 16.5. The van der Waals surface area contributed by atoms with E-state index in [0.717, 1.165) is 17.1 Å².